The van der Waals surface area contributed by atoms with Crippen LogP contribution in [0.15, 0.2) is 89.1 Å². The number of fused-ring (bicyclic) bond motifs is 3. The first kappa shape index (κ1) is 25.3. The number of rotatable bonds is 7. The van der Waals surface area contributed by atoms with Crippen molar-refractivity contribution in [3.8, 4) is 0 Å². The molecule has 0 saturated carbocycles. The molecule has 3 heterocycles. The van der Waals surface area contributed by atoms with Crippen molar-refractivity contribution in [2.45, 2.75) is 38.5 Å². The van der Waals surface area contributed by atoms with E-state index in [-0.39, 0.29) is 24.6 Å². The quantitative estimate of drug-likeness (QED) is 0.277. The van der Waals surface area contributed by atoms with Gasteiger partial charge in [-0.2, -0.15) is 0 Å². The third-order valence-corrected chi connectivity index (χ3v) is 7.52. The molecule has 3 aromatic carbocycles. The van der Waals surface area contributed by atoms with Crippen LogP contribution in [-0.4, -0.2) is 42.6 Å². The van der Waals surface area contributed by atoms with Crippen molar-refractivity contribution in [1.82, 2.24) is 14.5 Å². The number of nitro groups is 1. The van der Waals surface area contributed by atoms with Gasteiger partial charge in [0.2, 0.25) is 5.91 Å². The predicted molar refractivity (Wildman–Crippen MR) is 150 cm³/mol. The third-order valence-electron chi connectivity index (χ3n) is 7.52. The Morgan fingerprint density at radius 3 is 2.27 bits per heavy atom. The third kappa shape index (κ3) is 4.28. The summed E-state index contributed by atoms with van der Waals surface area (Å²) in [7, 11) is 0. The molecule has 1 atom stereocenters. The van der Waals surface area contributed by atoms with Gasteiger partial charge in [-0.15, -0.1) is 0 Å². The number of benzene rings is 3. The van der Waals surface area contributed by atoms with Gasteiger partial charge in [0.1, 0.15) is 23.3 Å². The lowest BCUT2D eigenvalue weighted by Crippen LogP contribution is -2.39. The Bertz CT molecular complexity index is 1660. The average Bonchev–Trinajstić information content (AvgIpc) is 3.43. The number of aliphatic imine (C=N–C) groups is 2. The van der Waals surface area contributed by atoms with E-state index in [1.807, 2.05) is 60.0 Å². The van der Waals surface area contributed by atoms with Crippen LogP contribution in [0, 0.1) is 17.0 Å². The van der Waals surface area contributed by atoms with Crippen molar-refractivity contribution in [2.75, 3.05) is 0 Å². The summed E-state index contributed by atoms with van der Waals surface area (Å²) in [6.07, 6.45) is 3.27. The number of carbonyl (C=O) groups is 1. The van der Waals surface area contributed by atoms with Crippen LogP contribution in [0.5, 0.6) is 0 Å². The standard InChI is InChI=1S/C30H26N6O4/c1-20-2-4-22(5-3-20)16-35-26(38)14-30(24-10-6-23(17-37)7-11-24)27-28(31-18-32-29(30)35)34(19-33-27)15-21-8-12-25(13-9-21)36(39)40/h2-13,18-19,37H,14-17H2,1H3. The van der Waals surface area contributed by atoms with E-state index in [0.717, 1.165) is 27.8 Å². The van der Waals surface area contributed by atoms with Crippen molar-refractivity contribution in [3.05, 3.63) is 123 Å². The van der Waals surface area contributed by atoms with Gasteiger partial charge in [-0.1, -0.05) is 66.2 Å². The van der Waals surface area contributed by atoms with E-state index in [1.54, 1.807) is 23.4 Å². The number of hydrogen-bond acceptors (Lipinski definition) is 7. The topological polar surface area (TPSA) is 126 Å². The van der Waals surface area contributed by atoms with Crippen molar-refractivity contribution < 1.29 is 14.8 Å². The fourth-order valence-electron chi connectivity index (χ4n) is 5.41. The molecule has 0 aliphatic carbocycles. The molecule has 200 valence electrons. The van der Waals surface area contributed by atoms with Gasteiger partial charge in [-0.05, 0) is 29.2 Å². The van der Waals surface area contributed by atoms with Crippen molar-refractivity contribution in [3.63, 3.8) is 0 Å². The number of aliphatic hydroxyl groups is 1. The maximum atomic E-state index is 13.7. The molecular weight excluding hydrogens is 508 g/mol. The molecule has 1 unspecified atom stereocenters. The van der Waals surface area contributed by atoms with Crippen molar-refractivity contribution >= 4 is 29.6 Å². The van der Waals surface area contributed by atoms with E-state index in [4.69, 9.17) is 9.98 Å². The van der Waals surface area contributed by atoms with Gasteiger partial charge in [0.15, 0.2) is 5.82 Å². The number of hydrogen-bond donors (Lipinski definition) is 1. The van der Waals surface area contributed by atoms with Crippen LogP contribution >= 0.6 is 0 Å². The Morgan fingerprint density at radius 2 is 1.60 bits per heavy atom. The van der Waals surface area contributed by atoms with Crippen LogP contribution in [0.25, 0.3) is 0 Å². The number of carbonyl (C=O) groups excluding carboxylic acids is 1. The van der Waals surface area contributed by atoms with E-state index in [0.29, 0.717) is 30.4 Å². The zero-order chi connectivity index (χ0) is 27.9. The number of aliphatic hydroxyl groups excluding tert-OH is 1. The maximum Gasteiger partial charge on any atom is 0.269 e. The van der Waals surface area contributed by atoms with E-state index in [2.05, 4.69) is 4.99 Å². The number of aryl methyl sites for hydroxylation is 1. The normalized spacial score (nSPS) is 17.8. The lowest BCUT2D eigenvalue weighted by atomic mass is 9.75. The molecule has 10 nitrogen and oxygen atoms in total. The van der Waals surface area contributed by atoms with Gasteiger partial charge < -0.3 is 9.67 Å². The Labute approximate surface area is 230 Å². The molecule has 0 spiro atoms. The van der Waals surface area contributed by atoms with Crippen LogP contribution in [0.2, 0.25) is 0 Å². The first-order valence-electron chi connectivity index (χ1n) is 12.8. The molecule has 2 aliphatic rings. The SMILES string of the molecule is Cc1ccc(CN2C(=O)CC3(c4ccc(CO)cc4)C2=NC=Nc2c3ncn2Cc2ccc([N+](=O)[O-])cc2)cc1. The predicted octanol–water partition coefficient (Wildman–Crippen LogP) is 4.43. The maximum absolute atomic E-state index is 13.7. The second-order valence-corrected chi connectivity index (χ2v) is 10.1. The first-order chi connectivity index (χ1) is 19.4. The van der Waals surface area contributed by atoms with Crippen LogP contribution in [0.1, 0.15) is 39.9 Å². The van der Waals surface area contributed by atoms with Crippen LogP contribution in [0.4, 0.5) is 11.5 Å². The number of amides is 1. The molecule has 4 aromatic rings. The van der Waals surface area contributed by atoms with Crippen molar-refractivity contribution in [1.29, 1.82) is 0 Å². The van der Waals surface area contributed by atoms with Gasteiger partial charge >= 0.3 is 0 Å². The van der Waals surface area contributed by atoms with Crippen molar-refractivity contribution in [2.24, 2.45) is 9.98 Å². The molecule has 1 fully saturated rings. The second-order valence-electron chi connectivity index (χ2n) is 10.1. The summed E-state index contributed by atoms with van der Waals surface area (Å²) in [4.78, 5) is 40.3. The summed E-state index contributed by atoms with van der Waals surface area (Å²) in [5.74, 6) is 1.04. The molecule has 6 rings (SSSR count). The summed E-state index contributed by atoms with van der Waals surface area (Å²) in [6, 6.07) is 21.9. The highest BCUT2D eigenvalue weighted by atomic mass is 16.6. The minimum Gasteiger partial charge on any atom is -0.392 e. The Balaban J connectivity index is 1.44. The monoisotopic (exact) mass is 534 g/mol. The van der Waals surface area contributed by atoms with E-state index in [9.17, 15) is 20.0 Å². The molecule has 10 heteroatoms. The average molecular weight is 535 g/mol. The summed E-state index contributed by atoms with van der Waals surface area (Å²) in [5.41, 5.74) is 4.20. The zero-order valence-corrected chi connectivity index (χ0v) is 21.8. The lowest BCUT2D eigenvalue weighted by molar-refractivity contribution is -0.384. The number of likely N-dealkylation sites (tertiary alicyclic amines) is 1. The highest BCUT2D eigenvalue weighted by molar-refractivity contribution is 6.16. The van der Waals surface area contributed by atoms with Crippen LogP contribution < -0.4 is 0 Å². The fourth-order valence-corrected chi connectivity index (χ4v) is 5.41. The smallest absolute Gasteiger partial charge is 0.269 e. The lowest BCUT2D eigenvalue weighted by Gasteiger charge is -2.29. The molecule has 1 aromatic heterocycles. The fraction of sp³-hybridized carbons (Fsp3) is 0.200. The zero-order valence-electron chi connectivity index (χ0n) is 21.8. The second kappa shape index (κ2) is 9.97. The summed E-state index contributed by atoms with van der Waals surface area (Å²) >= 11 is 0. The van der Waals surface area contributed by atoms with E-state index >= 15 is 0 Å². The summed E-state index contributed by atoms with van der Waals surface area (Å²) < 4.78 is 1.86. The van der Waals surface area contributed by atoms with Crippen LogP contribution in [0.3, 0.4) is 0 Å². The van der Waals surface area contributed by atoms with Gasteiger partial charge in [0, 0.05) is 18.6 Å². The molecule has 2 aliphatic heterocycles. The highest BCUT2D eigenvalue weighted by Crippen LogP contribution is 2.47. The molecule has 0 radical (unpaired) electrons. The number of amidine groups is 1. The summed E-state index contributed by atoms with van der Waals surface area (Å²) in [6.45, 7) is 2.67. The molecule has 40 heavy (non-hydrogen) atoms. The van der Waals surface area contributed by atoms with Crippen LogP contribution in [-0.2, 0) is 29.9 Å². The Kier molecular flexibility index (Phi) is 6.31. The molecule has 1 saturated heterocycles. The minimum atomic E-state index is -0.984. The number of nitrogens with zero attached hydrogens (tertiary/aromatic N) is 6. The molecule has 1 N–H and O–H groups in total. The number of nitro benzene ring substituents is 1. The number of imidazole rings is 1. The molecule has 1 amide bonds. The number of aromatic nitrogens is 2. The van der Waals surface area contributed by atoms with Gasteiger partial charge in [0.25, 0.3) is 5.69 Å². The van der Waals surface area contributed by atoms with E-state index < -0.39 is 10.3 Å². The Morgan fingerprint density at radius 1 is 0.950 bits per heavy atom. The van der Waals surface area contributed by atoms with Gasteiger partial charge in [-0.3, -0.25) is 19.8 Å². The first-order valence-corrected chi connectivity index (χ1v) is 12.8. The largest absolute Gasteiger partial charge is 0.392 e. The number of non-ortho nitro benzene ring substituents is 1. The Hall–Kier alpha value is -4.96. The van der Waals surface area contributed by atoms with E-state index in [1.165, 1.54) is 18.5 Å². The van der Waals surface area contributed by atoms with Gasteiger partial charge in [0.05, 0.1) is 30.9 Å². The molecule has 0 bridgehead atoms. The van der Waals surface area contributed by atoms with Gasteiger partial charge in [-0.25, -0.2) is 15.0 Å². The highest BCUT2D eigenvalue weighted by Gasteiger charge is 2.55. The minimum absolute atomic E-state index is 0.0210. The molecular formula is C30H26N6O4. The summed E-state index contributed by atoms with van der Waals surface area (Å²) in [5, 5.41) is 20.7.